The molecule has 0 amide bonds. The van der Waals surface area contributed by atoms with E-state index in [1.807, 2.05) is 6.20 Å². The molecule has 1 aromatic heterocycles. The highest BCUT2D eigenvalue weighted by Crippen LogP contribution is 2.41. The van der Waals surface area contributed by atoms with Crippen LogP contribution < -0.4 is 10.1 Å². The Hall–Kier alpha value is -1.61. The molecular weight excluding hydrogens is 224 g/mol. The molecule has 0 bridgehead atoms. The quantitative estimate of drug-likeness (QED) is 0.827. The van der Waals surface area contributed by atoms with Crippen LogP contribution in [-0.4, -0.2) is 18.1 Å². The van der Waals surface area contributed by atoms with Crippen molar-refractivity contribution < 1.29 is 4.74 Å². The first-order chi connectivity index (χ1) is 8.88. The van der Waals surface area contributed by atoms with E-state index in [9.17, 15) is 0 Å². The zero-order chi connectivity index (χ0) is 12.4. The lowest BCUT2D eigenvalue weighted by Gasteiger charge is -2.28. The van der Waals surface area contributed by atoms with Gasteiger partial charge in [0.15, 0.2) is 0 Å². The van der Waals surface area contributed by atoms with Crippen molar-refractivity contribution in [3.63, 3.8) is 0 Å². The number of rotatable bonds is 3. The van der Waals surface area contributed by atoms with Crippen molar-refractivity contribution in [2.45, 2.75) is 12.8 Å². The number of hydrogen-bond donors (Lipinski definition) is 1. The summed E-state index contributed by atoms with van der Waals surface area (Å²) in [7, 11) is 0. The minimum absolute atomic E-state index is 0.638. The third-order valence-corrected chi connectivity index (χ3v) is 3.93. The number of hydrogen-bond acceptors (Lipinski definition) is 3. The van der Waals surface area contributed by atoms with Gasteiger partial charge in [0.05, 0.1) is 12.5 Å². The average Bonchev–Trinajstić information content (AvgIpc) is 2.83. The largest absolute Gasteiger partial charge is 0.464 e. The summed E-state index contributed by atoms with van der Waals surface area (Å²) < 4.78 is 5.30. The minimum Gasteiger partial charge on any atom is -0.464 e. The molecule has 1 aromatic rings. The standard InChI is InChI=1S/C15H18N2O/c1-2-18-13-7-12(8-17-9-13)14-4-3-11-5-6-16-10-15(11)14/h2,4,7-9,11,15-16H,1,3,5-6,10H2/t11-,15+/m0/s1. The lowest BCUT2D eigenvalue weighted by molar-refractivity contribution is 0.328. The molecule has 18 heavy (non-hydrogen) atoms. The second-order valence-corrected chi connectivity index (χ2v) is 4.95. The van der Waals surface area contributed by atoms with E-state index in [-0.39, 0.29) is 0 Å². The van der Waals surface area contributed by atoms with Crippen molar-refractivity contribution in [3.05, 3.63) is 42.9 Å². The molecule has 3 nitrogen and oxygen atoms in total. The second kappa shape index (κ2) is 4.94. The molecule has 2 aliphatic rings. The number of allylic oxidation sites excluding steroid dienone is 1. The third-order valence-electron chi connectivity index (χ3n) is 3.93. The number of nitrogens with one attached hydrogen (secondary N) is 1. The fraction of sp³-hybridized carbons (Fsp3) is 0.400. The zero-order valence-electron chi connectivity index (χ0n) is 10.4. The molecule has 2 atom stereocenters. The lowest BCUT2D eigenvalue weighted by Crippen LogP contribution is -2.34. The van der Waals surface area contributed by atoms with Crippen LogP contribution in [0.5, 0.6) is 5.75 Å². The summed E-state index contributed by atoms with van der Waals surface area (Å²) in [5, 5.41) is 3.49. The second-order valence-electron chi connectivity index (χ2n) is 4.95. The molecule has 1 N–H and O–H groups in total. The van der Waals surface area contributed by atoms with E-state index in [1.54, 1.807) is 6.20 Å². The van der Waals surface area contributed by atoms with Gasteiger partial charge in [0.1, 0.15) is 5.75 Å². The highest BCUT2D eigenvalue weighted by Gasteiger charge is 2.32. The first-order valence-corrected chi connectivity index (χ1v) is 6.52. The molecule has 0 aromatic carbocycles. The predicted molar refractivity (Wildman–Crippen MR) is 72.1 cm³/mol. The van der Waals surface area contributed by atoms with Gasteiger partial charge in [-0.2, -0.15) is 0 Å². The van der Waals surface area contributed by atoms with E-state index in [2.05, 4.69) is 29.0 Å². The summed E-state index contributed by atoms with van der Waals surface area (Å²) in [4.78, 5) is 4.25. The van der Waals surface area contributed by atoms with Crippen LogP contribution in [0, 0.1) is 11.8 Å². The van der Waals surface area contributed by atoms with Crippen molar-refractivity contribution in [2.75, 3.05) is 13.1 Å². The summed E-state index contributed by atoms with van der Waals surface area (Å²) in [6, 6.07) is 2.05. The van der Waals surface area contributed by atoms with Crippen LogP contribution in [-0.2, 0) is 0 Å². The molecule has 0 spiro atoms. The van der Waals surface area contributed by atoms with Gasteiger partial charge in [-0.05, 0) is 48.4 Å². The molecular formula is C15H18N2O. The van der Waals surface area contributed by atoms with E-state index in [0.29, 0.717) is 5.92 Å². The molecule has 0 radical (unpaired) electrons. The Kier molecular flexibility index (Phi) is 3.15. The summed E-state index contributed by atoms with van der Waals surface area (Å²) in [5.41, 5.74) is 2.61. The summed E-state index contributed by atoms with van der Waals surface area (Å²) in [6.07, 6.45) is 9.94. The van der Waals surface area contributed by atoms with Gasteiger partial charge in [-0.3, -0.25) is 4.98 Å². The van der Waals surface area contributed by atoms with E-state index in [4.69, 9.17) is 4.74 Å². The number of fused-ring (bicyclic) bond motifs is 1. The average molecular weight is 242 g/mol. The number of nitrogens with zero attached hydrogens (tertiary/aromatic N) is 1. The van der Waals surface area contributed by atoms with Gasteiger partial charge in [-0.15, -0.1) is 0 Å². The Bertz CT molecular complexity index is 481. The van der Waals surface area contributed by atoms with Crippen molar-refractivity contribution in [1.29, 1.82) is 0 Å². The topological polar surface area (TPSA) is 34.1 Å². The smallest absolute Gasteiger partial charge is 0.145 e. The molecule has 0 saturated carbocycles. The molecule has 2 heterocycles. The maximum absolute atomic E-state index is 5.30. The summed E-state index contributed by atoms with van der Waals surface area (Å²) >= 11 is 0. The van der Waals surface area contributed by atoms with Gasteiger partial charge in [0.2, 0.25) is 0 Å². The van der Waals surface area contributed by atoms with Gasteiger partial charge < -0.3 is 10.1 Å². The summed E-state index contributed by atoms with van der Waals surface area (Å²) in [5.74, 6) is 2.21. The SMILES string of the molecule is C=COc1cncc(C2=CC[C@H]3CCNC[C@@H]23)c1. The van der Waals surface area contributed by atoms with Crippen LogP contribution in [0.2, 0.25) is 0 Å². The maximum atomic E-state index is 5.30. The Labute approximate surface area is 108 Å². The molecule has 1 saturated heterocycles. The third kappa shape index (κ3) is 2.06. The van der Waals surface area contributed by atoms with E-state index in [1.165, 1.54) is 30.2 Å². The normalized spacial score (nSPS) is 26.3. The fourth-order valence-corrected chi connectivity index (χ4v) is 3.06. The van der Waals surface area contributed by atoms with Gasteiger partial charge in [0, 0.05) is 12.7 Å². The van der Waals surface area contributed by atoms with Crippen molar-refractivity contribution in [1.82, 2.24) is 10.3 Å². The molecule has 3 heteroatoms. The highest BCUT2D eigenvalue weighted by atomic mass is 16.5. The predicted octanol–water partition coefficient (Wildman–Crippen LogP) is 2.62. The Morgan fingerprint density at radius 3 is 3.28 bits per heavy atom. The molecule has 3 rings (SSSR count). The maximum Gasteiger partial charge on any atom is 0.145 e. The Balaban J connectivity index is 1.86. The zero-order valence-corrected chi connectivity index (χ0v) is 10.4. The van der Waals surface area contributed by atoms with Crippen LogP contribution >= 0.6 is 0 Å². The molecule has 94 valence electrons. The van der Waals surface area contributed by atoms with Crippen LogP contribution in [0.25, 0.3) is 5.57 Å². The monoisotopic (exact) mass is 242 g/mol. The van der Waals surface area contributed by atoms with Crippen LogP contribution in [0.15, 0.2) is 37.4 Å². The molecule has 1 aliphatic carbocycles. The van der Waals surface area contributed by atoms with E-state index >= 15 is 0 Å². The minimum atomic E-state index is 0.638. The van der Waals surface area contributed by atoms with Gasteiger partial charge in [0.25, 0.3) is 0 Å². The van der Waals surface area contributed by atoms with Crippen molar-refractivity contribution in [3.8, 4) is 5.75 Å². The number of piperidine rings is 1. The fourth-order valence-electron chi connectivity index (χ4n) is 3.06. The number of pyridine rings is 1. The Morgan fingerprint density at radius 1 is 1.44 bits per heavy atom. The van der Waals surface area contributed by atoms with E-state index < -0.39 is 0 Å². The molecule has 0 unspecified atom stereocenters. The lowest BCUT2D eigenvalue weighted by atomic mass is 9.84. The Morgan fingerprint density at radius 2 is 2.39 bits per heavy atom. The van der Waals surface area contributed by atoms with Gasteiger partial charge >= 0.3 is 0 Å². The van der Waals surface area contributed by atoms with Gasteiger partial charge in [-0.25, -0.2) is 0 Å². The first kappa shape index (κ1) is 11.5. The number of ether oxygens (including phenoxy) is 1. The van der Waals surface area contributed by atoms with Crippen LogP contribution in [0.4, 0.5) is 0 Å². The highest BCUT2D eigenvalue weighted by molar-refractivity contribution is 5.70. The van der Waals surface area contributed by atoms with Crippen molar-refractivity contribution in [2.24, 2.45) is 11.8 Å². The van der Waals surface area contributed by atoms with Gasteiger partial charge in [-0.1, -0.05) is 12.7 Å². The van der Waals surface area contributed by atoms with Crippen molar-refractivity contribution >= 4 is 5.57 Å². The van der Waals surface area contributed by atoms with Crippen LogP contribution in [0.1, 0.15) is 18.4 Å². The van der Waals surface area contributed by atoms with E-state index in [0.717, 1.165) is 24.8 Å². The number of aromatic nitrogens is 1. The summed E-state index contributed by atoms with van der Waals surface area (Å²) in [6.45, 7) is 5.81. The molecule has 1 fully saturated rings. The van der Waals surface area contributed by atoms with Crippen LogP contribution in [0.3, 0.4) is 0 Å². The molecule has 1 aliphatic heterocycles. The first-order valence-electron chi connectivity index (χ1n) is 6.52.